The van der Waals surface area contributed by atoms with Crippen molar-refractivity contribution in [2.75, 3.05) is 46.6 Å². The molecule has 0 aromatic heterocycles. The van der Waals surface area contributed by atoms with Gasteiger partial charge in [0.05, 0.1) is 26.4 Å². The molecule has 0 aliphatic rings. The Morgan fingerprint density at radius 1 is 1.06 bits per heavy atom. The highest BCUT2D eigenvalue weighted by Gasteiger charge is 2.02. The molecule has 5 nitrogen and oxygen atoms in total. The van der Waals surface area contributed by atoms with Crippen LogP contribution in [0.1, 0.15) is 20.3 Å². The predicted molar refractivity (Wildman–Crippen MR) is 68.0 cm³/mol. The van der Waals surface area contributed by atoms with E-state index in [1.165, 1.54) is 0 Å². The number of hydrogen-bond acceptors (Lipinski definition) is 4. The Morgan fingerprint density at radius 2 is 1.65 bits per heavy atom. The third-order valence-electron chi connectivity index (χ3n) is 2.03. The summed E-state index contributed by atoms with van der Waals surface area (Å²) < 4.78 is 10.6. The lowest BCUT2D eigenvalue weighted by Gasteiger charge is -2.08. The van der Waals surface area contributed by atoms with Gasteiger partial charge in [0.25, 0.3) is 0 Å². The highest BCUT2D eigenvalue weighted by Crippen LogP contribution is 1.97. The Hall–Kier alpha value is -0.650. The third kappa shape index (κ3) is 13.3. The van der Waals surface area contributed by atoms with E-state index < -0.39 is 0 Å². The number of carbonyl (C=O) groups excluding carboxylic acids is 1. The van der Waals surface area contributed by atoms with Crippen molar-refractivity contribution in [2.24, 2.45) is 5.92 Å². The van der Waals surface area contributed by atoms with E-state index >= 15 is 0 Å². The van der Waals surface area contributed by atoms with E-state index in [9.17, 15) is 4.79 Å². The largest absolute Gasteiger partial charge is 0.378 e. The molecule has 17 heavy (non-hydrogen) atoms. The zero-order valence-corrected chi connectivity index (χ0v) is 11.3. The van der Waals surface area contributed by atoms with Gasteiger partial charge in [-0.1, -0.05) is 13.8 Å². The van der Waals surface area contributed by atoms with Crippen LogP contribution < -0.4 is 10.6 Å². The van der Waals surface area contributed by atoms with Crippen LogP contribution >= 0.6 is 0 Å². The van der Waals surface area contributed by atoms with Gasteiger partial charge < -0.3 is 20.1 Å². The van der Waals surface area contributed by atoms with E-state index in [2.05, 4.69) is 10.6 Å². The summed E-state index contributed by atoms with van der Waals surface area (Å²) in [7, 11) is 1.89. The summed E-state index contributed by atoms with van der Waals surface area (Å²) in [5, 5.41) is 5.80. The fourth-order valence-corrected chi connectivity index (χ4v) is 1.20. The number of nitrogens with one attached hydrogen (secondary N) is 2. The molecule has 1 amide bonds. The number of rotatable bonds is 11. The Kier molecular flexibility index (Phi) is 11.4. The SMILES string of the molecule is CNCCOCCOCCNC(=O)CC(C)C. The van der Waals surface area contributed by atoms with Gasteiger partial charge in [0.15, 0.2) is 0 Å². The van der Waals surface area contributed by atoms with Gasteiger partial charge in [0.2, 0.25) is 5.91 Å². The van der Waals surface area contributed by atoms with Gasteiger partial charge in [0, 0.05) is 19.5 Å². The van der Waals surface area contributed by atoms with E-state index in [0.29, 0.717) is 45.3 Å². The molecule has 0 spiro atoms. The number of likely N-dealkylation sites (N-methyl/N-ethyl adjacent to an activating group) is 1. The monoisotopic (exact) mass is 246 g/mol. The number of amides is 1. The summed E-state index contributed by atoms with van der Waals surface area (Å²) in [5.74, 6) is 0.491. The van der Waals surface area contributed by atoms with Crippen LogP contribution in [0.2, 0.25) is 0 Å². The van der Waals surface area contributed by atoms with Crippen LogP contribution in [0.3, 0.4) is 0 Å². The van der Waals surface area contributed by atoms with Crippen molar-refractivity contribution in [3.8, 4) is 0 Å². The molecule has 0 fully saturated rings. The molecular weight excluding hydrogens is 220 g/mol. The zero-order chi connectivity index (χ0) is 12.9. The molecule has 102 valence electrons. The molecular formula is C12H26N2O3. The molecule has 0 radical (unpaired) electrons. The van der Waals surface area contributed by atoms with Crippen LogP contribution in [0.4, 0.5) is 0 Å². The lowest BCUT2D eigenvalue weighted by molar-refractivity contribution is -0.122. The average molecular weight is 246 g/mol. The van der Waals surface area contributed by atoms with E-state index in [-0.39, 0.29) is 5.91 Å². The first-order valence-electron chi connectivity index (χ1n) is 6.23. The molecule has 0 saturated heterocycles. The summed E-state index contributed by atoms with van der Waals surface area (Å²) >= 11 is 0. The standard InChI is InChI=1S/C12H26N2O3/c1-11(2)10-12(15)14-5-7-17-9-8-16-6-4-13-3/h11,13H,4-10H2,1-3H3,(H,14,15). The molecule has 0 aromatic rings. The first-order chi connectivity index (χ1) is 8.16. The molecule has 0 bridgehead atoms. The predicted octanol–water partition coefficient (Wildman–Crippen LogP) is 0.401. The van der Waals surface area contributed by atoms with Gasteiger partial charge >= 0.3 is 0 Å². The highest BCUT2D eigenvalue weighted by atomic mass is 16.5. The molecule has 0 heterocycles. The van der Waals surface area contributed by atoms with E-state index in [4.69, 9.17) is 9.47 Å². The fraction of sp³-hybridized carbons (Fsp3) is 0.917. The van der Waals surface area contributed by atoms with Crippen molar-refractivity contribution >= 4 is 5.91 Å². The molecule has 0 unspecified atom stereocenters. The van der Waals surface area contributed by atoms with Crippen LogP contribution in [-0.4, -0.2) is 52.5 Å². The zero-order valence-electron chi connectivity index (χ0n) is 11.3. The maximum Gasteiger partial charge on any atom is 0.220 e. The number of carbonyl (C=O) groups is 1. The van der Waals surface area contributed by atoms with Gasteiger partial charge in [-0.3, -0.25) is 4.79 Å². The van der Waals surface area contributed by atoms with Gasteiger partial charge in [-0.15, -0.1) is 0 Å². The smallest absolute Gasteiger partial charge is 0.220 e. The Labute approximate surface area is 104 Å². The summed E-state index contributed by atoms with van der Waals surface area (Å²) in [6, 6.07) is 0. The molecule has 2 N–H and O–H groups in total. The van der Waals surface area contributed by atoms with Crippen molar-refractivity contribution < 1.29 is 14.3 Å². The second-order valence-corrected chi connectivity index (χ2v) is 4.28. The maximum atomic E-state index is 11.3. The topological polar surface area (TPSA) is 59.6 Å². The van der Waals surface area contributed by atoms with Crippen LogP contribution in [-0.2, 0) is 14.3 Å². The number of hydrogen-bond donors (Lipinski definition) is 2. The number of ether oxygens (including phenoxy) is 2. The normalized spacial score (nSPS) is 10.8. The quantitative estimate of drug-likeness (QED) is 0.518. The van der Waals surface area contributed by atoms with Crippen LogP contribution in [0.25, 0.3) is 0 Å². The van der Waals surface area contributed by atoms with Crippen LogP contribution in [0.5, 0.6) is 0 Å². The Bertz CT molecular complexity index is 187. The first-order valence-corrected chi connectivity index (χ1v) is 6.23. The fourth-order valence-electron chi connectivity index (χ4n) is 1.20. The van der Waals surface area contributed by atoms with Crippen molar-refractivity contribution in [2.45, 2.75) is 20.3 Å². The van der Waals surface area contributed by atoms with Crippen molar-refractivity contribution in [1.29, 1.82) is 0 Å². The molecule has 0 rings (SSSR count). The summed E-state index contributed by atoms with van der Waals surface area (Å²) in [4.78, 5) is 11.3. The molecule has 5 heteroatoms. The summed E-state index contributed by atoms with van der Waals surface area (Å²) in [5.41, 5.74) is 0. The summed E-state index contributed by atoms with van der Waals surface area (Å²) in [6.45, 7) is 7.89. The van der Waals surface area contributed by atoms with Crippen LogP contribution in [0, 0.1) is 5.92 Å². The molecule has 0 aromatic carbocycles. The minimum absolute atomic E-state index is 0.0915. The molecule has 0 aliphatic heterocycles. The second kappa shape index (κ2) is 11.8. The van der Waals surface area contributed by atoms with Crippen molar-refractivity contribution in [1.82, 2.24) is 10.6 Å². The van der Waals surface area contributed by atoms with Gasteiger partial charge in [-0.05, 0) is 13.0 Å². The molecule has 0 atom stereocenters. The van der Waals surface area contributed by atoms with E-state index in [1.54, 1.807) is 0 Å². The van der Waals surface area contributed by atoms with Gasteiger partial charge in [-0.25, -0.2) is 0 Å². The molecule has 0 saturated carbocycles. The maximum absolute atomic E-state index is 11.3. The summed E-state index contributed by atoms with van der Waals surface area (Å²) in [6.07, 6.45) is 0.577. The second-order valence-electron chi connectivity index (χ2n) is 4.28. The van der Waals surface area contributed by atoms with E-state index in [0.717, 1.165) is 6.54 Å². The van der Waals surface area contributed by atoms with Crippen molar-refractivity contribution in [3.05, 3.63) is 0 Å². The third-order valence-corrected chi connectivity index (χ3v) is 2.03. The minimum atomic E-state index is 0.0915. The van der Waals surface area contributed by atoms with Gasteiger partial charge in [-0.2, -0.15) is 0 Å². The van der Waals surface area contributed by atoms with Gasteiger partial charge in [0.1, 0.15) is 0 Å². The minimum Gasteiger partial charge on any atom is -0.378 e. The lowest BCUT2D eigenvalue weighted by atomic mass is 10.1. The van der Waals surface area contributed by atoms with Crippen LogP contribution in [0.15, 0.2) is 0 Å². The lowest BCUT2D eigenvalue weighted by Crippen LogP contribution is -2.28. The first kappa shape index (κ1) is 16.4. The molecule has 0 aliphatic carbocycles. The Balaban J connectivity index is 3.10. The van der Waals surface area contributed by atoms with Crippen molar-refractivity contribution in [3.63, 3.8) is 0 Å². The Morgan fingerprint density at radius 3 is 2.18 bits per heavy atom. The van der Waals surface area contributed by atoms with E-state index in [1.807, 2.05) is 20.9 Å². The average Bonchev–Trinajstić information content (AvgIpc) is 2.26. The highest BCUT2D eigenvalue weighted by molar-refractivity contribution is 5.75.